The molecular weight excluding hydrogens is 516 g/mol. The SMILES string of the molecule is O=C(NCc1nn(C2CCCCO2)c2ccc(Cl)cc12)c1cncc(Cc2ccc(N3CCNC3=O)cc2)c1. The van der Waals surface area contributed by atoms with Crippen molar-refractivity contribution < 1.29 is 14.3 Å². The maximum absolute atomic E-state index is 13.1. The number of halogens is 1. The molecule has 9 nitrogen and oxygen atoms in total. The smallest absolute Gasteiger partial charge is 0.321 e. The average molecular weight is 545 g/mol. The summed E-state index contributed by atoms with van der Waals surface area (Å²) < 4.78 is 7.87. The van der Waals surface area contributed by atoms with Gasteiger partial charge in [-0.25, -0.2) is 9.48 Å². The van der Waals surface area contributed by atoms with E-state index < -0.39 is 0 Å². The van der Waals surface area contributed by atoms with E-state index in [2.05, 4.69) is 15.6 Å². The van der Waals surface area contributed by atoms with Crippen LogP contribution in [0, 0.1) is 0 Å². The van der Waals surface area contributed by atoms with Gasteiger partial charge < -0.3 is 15.4 Å². The summed E-state index contributed by atoms with van der Waals surface area (Å²) in [6.07, 6.45) is 6.89. The van der Waals surface area contributed by atoms with Gasteiger partial charge in [-0.2, -0.15) is 5.10 Å². The van der Waals surface area contributed by atoms with E-state index in [9.17, 15) is 9.59 Å². The molecule has 4 aromatic rings. The fraction of sp³-hybridized carbons (Fsp3) is 0.310. The molecule has 200 valence electrons. The lowest BCUT2D eigenvalue weighted by atomic mass is 10.0. The molecule has 1 unspecified atom stereocenters. The molecule has 2 N–H and O–H groups in total. The molecule has 0 spiro atoms. The summed E-state index contributed by atoms with van der Waals surface area (Å²) >= 11 is 6.29. The van der Waals surface area contributed by atoms with Gasteiger partial charge in [0, 0.05) is 48.2 Å². The van der Waals surface area contributed by atoms with Crippen molar-refractivity contribution in [2.45, 2.75) is 38.5 Å². The van der Waals surface area contributed by atoms with Crippen molar-refractivity contribution >= 4 is 40.1 Å². The van der Waals surface area contributed by atoms with Crippen LogP contribution in [0.5, 0.6) is 0 Å². The van der Waals surface area contributed by atoms with Crippen molar-refractivity contribution in [1.82, 2.24) is 25.4 Å². The molecule has 2 saturated heterocycles. The first kappa shape index (κ1) is 25.3. The number of benzene rings is 2. The highest BCUT2D eigenvalue weighted by Crippen LogP contribution is 2.30. The Morgan fingerprint density at radius 3 is 2.74 bits per heavy atom. The molecular formula is C29H29ClN6O3. The molecule has 0 radical (unpaired) electrons. The summed E-state index contributed by atoms with van der Waals surface area (Å²) in [4.78, 5) is 31.0. The van der Waals surface area contributed by atoms with Crippen LogP contribution >= 0.6 is 11.6 Å². The molecule has 2 aliphatic heterocycles. The van der Waals surface area contributed by atoms with Crippen LogP contribution in [0.2, 0.25) is 5.02 Å². The minimum atomic E-state index is -0.224. The van der Waals surface area contributed by atoms with Gasteiger partial charge in [0.15, 0.2) is 6.23 Å². The molecule has 2 aromatic heterocycles. The van der Waals surface area contributed by atoms with Crippen LogP contribution in [0.15, 0.2) is 60.9 Å². The molecule has 3 amide bonds. The summed E-state index contributed by atoms with van der Waals surface area (Å²) in [6.45, 7) is 2.29. The normalized spacial score (nSPS) is 17.4. The van der Waals surface area contributed by atoms with Crippen molar-refractivity contribution in [3.63, 3.8) is 0 Å². The Morgan fingerprint density at radius 2 is 1.97 bits per heavy atom. The van der Waals surface area contributed by atoms with E-state index in [0.717, 1.165) is 59.3 Å². The zero-order chi connectivity index (χ0) is 26.8. The minimum absolute atomic E-state index is 0.0733. The number of anilines is 1. The van der Waals surface area contributed by atoms with E-state index in [1.54, 1.807) is 17.3 Å². The Morgan fingerprint density at radius 1 is 1.10 bits per heavy atom. The number of amides is 3. The monoisotopic (exact) mass is 544 g/mol. The third-order valence-electron chi connectivity index (χ3n) is 7.16. The molecule has 0 bridgehead atoms. The highest BCUT2D eigenvalue weighted by atomic mass is 35.5. The number of hydrogen-bond donors (Lipinski definition) is 2. The predicted molar refractivity (Wildman–Crippen MR) is 149 cm³/mol. The minimum Gasteiger partial charge on any atom is -0.356 e. The summed E-state index contributed by atoms with van der Waals surface area (Å²) in [5.41, 5.74) is 5.02. The van der Waals surface area contributed by atoms with E-state index >= 15 is 0 Å². The Kier molecular flexibility index (Phi) is 7.17. The number of carbonyl (C=O) groups is 2. The lowest BCUT2D eigenvalue weighted by molar-refractivity contribution is -0.0369. The van der Waals surface area contributed by atoms with Crippen LogP contribution in [0.3, 0.4) is 0 Å². The quantitative estimate of drug-likeness (QED) is 0.347. The van der Waals surface area contributed by atoms with Gasteiger partial charge in [0.05, 0.1) is 23.3 Å². The van der Waals surface area contributed by atoms with Gasteiger partial charge in [-0.1, -0.05) is 23.7 Å². The van der Waals surface area contributed by atoms with Crippen LogP contribution in [-0.2, 0) is 17.7 Å². The standard InChI is InChI=1S/C29H29ClN6O3/c30-22-6-9-26-24(15-22)25(34-36(26)27-3-1-2-12-39-27)18-33-28(37)21-14-20(16-31-17-21)13-19-4-7-23(8-5-19)35-11-10-32-29(35)38/h4-9,14-17,27H,1-3,10-13,18H2,(H,32,38)(H,33,37). The molecule has 0 saturated carbocycles. The molecule has 39 heavy (non-hydrogen) atoms. The fourth-order valence-corrected chi connectivity index (χ4v) is 5.34. The molecule has 2 fully saturated rings. The first-order valence-corrected chi connectivity index (χ1v) is 13.6. The van der Waals surface area contributed by atoms with Gasteiger partial charge in [0.1, 0.15) is 0 Å². The highest BCUT2D eigenvalue weighted by molar-refractivity contribution is 6.31. The second kappa shape index (κ2) is 11.0. The Balaban J connectivity index is 1.14. The maximum Gasteiger partial charge on any atom is 0.321 e. The third-order valence-corrected chi connectivity index (χ3v) is 7.39. The largest absolute Gasteiger partial charge is 0.356 e. The molecule has 6 rings (SSSR count). The zero-order valence-corrected chi connectivity index (χ0v) is 22.2. The third kappa shape index (κ3) is 5.46. The second-order valence-electron chi connectivity index (χ2n) is 9.87. The van der Waals surface area contributed by atoms with E-state index in [1.807, 2.05) is 53.2 Å². The summed E-state index contributed by atoms with van der Waals surface area (Å²) in [7, 11) is 0. The van der Waals surface area contributed by atoms with Gasteiger partial charge in [-0.05, 0) is 73.2 Å². The number of urea groups is 1. The second-order valence-corrected chi connectivity index (χ2v) is 10.3. The number of fused-ring (bicyclic) bond motifs is 1. The summed E-state index contributed by atoms with van der Waals surface area (Å²) in [5.74, 6) is -0.224. The number of ether oxygens (including phenoxy) is 1. The van der Waals surface area contributed by atoms with Gasteiger partial charge in [-0.15, -0.1) is 0 Å². The lowest BCUT2D eigenvalue weighted by Gasteiger charge is -2.23. The van der Waals surface area contributed by atoms with Gasteiger partial charge >= 0.3 is 6.03 Å². The number of pyridine rings is 1. The van der Waals surface area contributed by atoms with Crippen LogP contribution < -0.4 is 15.5 Å². The van der Waals surface area contributed by atoms with Crippen molar-refractivity contribution in [3.05, 3.63) is 88.3 Å². The number of nitrogens with one attached hydrogen (secondary N) is 2. The van der Waals surface area contributed by atoms with Gasteiger partial charge in [-0.3, -0.25) is 14.7 Å². The van der Waals surface area contributed by atoms with E-state index in [-0.39, 0.29) is 24.7 Å². The van der Waals surface area contributed by atoms with E-state index in [0.29, 0.717) is 30.1 Å². The number of rotatable bonds is 7. The molecule has 2 aliphatic rings. The van der Waals surface area contributed by atoms with Crippen molar-refractivity contribution in [2.24, 2.45) is 0 Å². The van der Waals surface area contributed by atoms with Crippen LogP contribution in [0.1, 0.15) is 52.7 Å². The van der Waals surface area contributed by atoms with Crippen molar-refractivity contribution in [2.75, 3.05) is 24.6 Å². The maximum atomic E-state index is 13.1. The van der Waals surface area contributed by atoms with Crippen LogP contribution in [0.4, 0.5) is 10.5 Å². The van der Waals surface area contributed by atoms with Crippen molar-refractivity contribution in [1.29, 1.82) is 0 Å². The summed E-state index contributed by atoms with van der Waals surface area (Å²) in [6, 6.07) is 15.3. The van der Waals surface area contributed by atoms with E-state index in [1.165, 1.54) is 0 Å². The lowest BCUT2D eigenvalue weighted by Crippen LogP contribution is -2.27. The average Bonchev–Trinajstić information content (AvgIpc) is 3.56. The molecule has 4 heterocycles. The Labute approximate surface area is 231 Å². The predicted octanol–water partition coefficient (Wildman–Crippen LogP) is 4.83. The first-order chi connectivity index (χ1) is 19.0. The number of hydrogen-bond acceptors (Lipinski definition) is 5. The molecule has 10 heteroatoms. The molecule has 1 atom stereocenters. The number of nitrogens with zero attached hydrogens (tertiary/aromatic N) is 4. The highest BCUT2D eigenvalue weighted by Gasteiger charge is 2.22. The number of carbonyl (C=O) groups excluding carboxylic acids is 2. The van der Waals surface area contributed by atoms with Gasteiger partial charge in [0.2, 0.25) is 0 Å². The van der Waals surface area contributed by atoms with Crippen molar-refractivity contribution in [3.8, 4) is 0 Å². The van der Waals surface area contributed by atoms with E-state index in [4.69, 9.17) is 21.4 Å². The zero-order valence-electron chi connectivity index (χ0n) is 21.4. The van der Waals surface area contributed by atoms with Crippen LogP contribution in [-0.4, -0.2) is 46.4 Å². The topological polar surface area (TPSA) is 101 Å². The van der Waals surface area contributed by atoms with Crippen LogP contribution in [0.25, 0.3) is 10.9 Å². The molecule has 2 aromatic carbocycles. The Bertz CT molecular complexity index is 1510. The first-order valence-electron chi connectivity index (χ1n) is 13.2. The fourth-order valence-electron chi connectivity index (χ4n) is 5.17. The summed E-state index contributed by atoms with van der Waals surface area (Å²) in [5, 5.41) is 12.1. The number of aromatic nitrogens is 3. The Hall–Kier alpha value is -3.95. The van der Waals surface area contributed by atoms with Gasteiger partial charge in [0.25, 0.3) is 5.91 Å². The molecule has 0 aliphatic carbocycles.